The second kappa shape index (κ2) is 9.38. The molecule has 0 saturated carbocycles. The third-order valence-corrected chi connectivity index (χ3v) is 5.45. The van der Waals surface area contributed by atoms with Crippen molar-refractivity contribution in [2.24, 2.45) is 5.10 Å². The van der Waals surface area contributed by atoms with Gasteiger partial charge in [-0.1, -0.05) is 46.6 Å². The lowest BCUT2D eigenvalue weighted by Gasteiger charge is -2.11. The van der Waals surface area contributed by atoms with Gasteiger partial charge in [0.2, 0.25) is 0 Å². The molecule has 0 spiro atoms. The number of aryl methyl sites for hydroxylation is 2. The maximum Gasteiger partial charge on any atom is 0.277 e. The standard InChI is InChI=1S/C23H18Cl2N4O3/c1-13-4-3-5-15-9-16(23(25)28-22(13)15)11-26-29-21(30)12-31-20-8-14(2)18(24)10-17(20)19-6-7-27-32-19/h3-11H,12H2,1-2H3,(H,29,30)/b26-11+. The van der Waals surface area contributed by atoms with Crippen LogP contribution in [-0.4, -0.2) is 28.9 Å². The second-order valence-corrected chi connectivity index (χ2v) is 7.84. The Hall–Kier alpha value is -3.42. The van der Waals surface area contributed by atoms with Gasteiger partial charge in [-0.25, -0.2) is 10.4 Å². The highest BCUT2D eigenvalue weighted by atomic mass is 35.5. The molecule has 0 aliphatic rings. The smallest absolute Gasteiger partial charge is 0.277 e. The van der Waals surface area contributed by atoms with Gasteiger partial charge in [0.25, 0.3) is 5.91 Å². The number of carbonyl (C=O) groups is 1. The van der Waals surface area contributed by atoms with Crippen LogP contribution < -0.4 is 10.2 Å². The topological polar surface area (TPSA) is 89.6 Å². The van der Waals surface area contributed by atoms with Crippen LogP contribution in [0.3, 0.4) is 0 Å². The zero-order valence-corrected chi connectivity index (χ0v) is 18.7. The number of benzene rings is 2. The summed E-state index contributed by atoms with van der Waals surface area (Å²) in [7, 11) is 0. The van der Waals surface area contributed by atoms with Crippen LogP contribution in [0, 0.1) is 13.8 Å². The lowest BCUT2D eigenvalue weighted by molar-refractivity contribution is -0.123. The molecule has 0 unspecified atom stereocenters. The van der Waals surface area contributed by atoms with Gasteiger partial charge < -0.3 is 9.26 Å². The maximum atomic E-state index is 12.2. The molecule has 32 heavy (non-hydrogen) atoms. The quantitative estimate of drug-likeness (QED) is 0.234. The van der Waals surface area contributed by atoms with E-state index in [0.717, 1.165) is 22.0 Å². The number of pyridine rings is 1. The lowest BCUT2D eigenvalue weighted by atomic mass is 10.1. The lowest BCUT2D eigenvalue weighted by Crippen LogP contribution is -2.24. The summed E-state index contributed by atoms with van der Waals surface area (Å²) in [6.07, 6.45) is 2.96. The highest BCUT2D eigenvalue weighted by Gasteiger charge is 2.14. The van der Waals surface area contributed by atoms with E-state index in [1.54, 1.807) is 18.2 Å². The summed E-state index contributed by atoms with van der Waals surface area (Å²) in [5.74, 6) is 0.479. The summed E-state index contributed by atoms with van der Waals surface area (Å²) in [6.45, 7) is 3.55. The van der Waals surface area contributed by atoms with Crippen LogP contribution in [0.25, 0.3) is 22.2 Å². The molecule has 1 amide bonds. The third kappa shape index (κ3) is 4.74. The molecule has 7 nitrogen and oxygen atoms in total. The number of hydrogen-bond donors (Lipinski definition) is 1. The van der Waals surface area contributed by atoms with Crippen molar-refractivity contribution in [2.45, 2.75) is 13.8 Å². The fourth-order valence-electron chi connectivity index (χ4n) is 3.10. The van der Waals surface area contributed by atoms with E-state index in [0.29, 0.717) is 32.8 Å². The Morgan fingerprint density at radius 3 is 2.81 bits per heavy atom. The number of halogens is 2. The van der Waals surface area contributed by atoms with E-state index in [-0.39, 0.29) is 6.61 Å². The van der Waals surface area contributed by atoms with E-state index < -0.39 is 5.91 Å². The van der Waals surface area contributed by atoms with Crippen molar-refractivity contribution >= 4 is 46.2 Å². The molecular formula is C23H18Cl2N4O3. The summed E-state index contributed by atoms with van der Waals surface area (Å²) in [5.41, 5.74) is 6.27. The molecule has 2 aromatic heterocycles. The van der Waals surface area contributed by atoms with E-state index in [4.69, 9.17) is 32.5 Å². The molecule has 0 aliphatic heterocycles. The number of fused-ring (bicyclic) bond motifs is 1. The molecule has 0 atom stereocenters. The van der Waals surface area contributed by atoms with E-state index in [1.807, 2.05) is 38.1 Å². The van der Waals surface area contributed by atoms with Crippen molar-refractivity contribution in [3.63, 3.8) is 0 Å². The van der Waals surface area contributed by atoms with Crippen LogP contribution in [-0.2, 0) is 4.79 Å². The summed E-state index contributed by atoms with van der Waals surface area (Å²) < 4.78 is 10.9. The van der Waals surface area contributed by atoms with Crippen LogP contribution in [0.1, 0.15) is 16.7 Å². The maximum absolute atomic E-state index is 12.2. The SMILES string of the molecule is Cc1cc(OCC(=O)N/N=C/c2cc3cccc(C)c3nc2Cl)c(-c2ccno2)cc1Cl. The molecule has 4 aromatic rings. The molecule has 0 aliphatic carbocycles. The number of ether oxygens (including phenoxy) is 1. The Morgan fingerprint density at radius 1 is 1.19 bits per heavy atom. The molecule has 0 saturated heterocycles. The Bertz CT molecular complexity index is 1320. The van der Waals surface area contributed by atoms with Crippen LogP contribution in [0.5, 0.6) is 5.75 Å². The van der Waals surface area contributed by atoms with Crippen molar-refractivity contribution < 1.29 is 14.1 Å². The summed E-state index contributed by atoms with van der Waals surface area (Å²) >= 11 is 12.5. The van der Waals surface area contributed by atoms with Crippen molar-refractivity contribution in [3.05, 3.63) is 75.5 Å². The Balaban J connectivity index is 1.43. The molecule has 9 heteroatoms. The van der Waals surface area contributed by atoms with E-state index in [1.165, 1.54) is 12.4 Å². The molecule has 1 N–H and O–H groups in total. The Kier molecular flexibility index (Phi) is 6.39. The first kappa shape index (κ1) is 21.8. The second-order valence-electron chi connectivity index (χ2n) is 7.07. The first-order valence-electron chi connectivity index (χ1n) is 9.64. The van der Waals surface area contributed by atoms with Gasteiger partial charge in [0, 0.05) is 22.0 Å². The predicted molar refractivity (Wildman–Crippen MR) is 124 cm³/mol. The highest BCUT2D eigenvalue weighted by molar-refractivity contribution is 6.32. The number of hydrazone groups is 1. The number of carbonyl (C=O) groups excluding carboxylic acids is 1. The van der Waals surface area contributed by atoms with Crippen LogP contribution in [0.2, 0.25) is 10.2 Å². The number of nitrogens with zero attached hydrogens (tertiary/aromatic N) is 3. The molecular weight excluding hydrogens is 451 g/mol. The number of rotatable bonds is 6. The van der Waals surface area contributed by atoms with Gasteiger partial charge in [-0.05, 0) is 43.2 Å². The third-order valence-electron chi connectivity index (χ3n) is 4.74. The van der Waals surface area contributed by atoms with Crippen molar-refractivity contribution in [1.82, 2.24) is 15.6 Å². The Morgan fingerprint density at radius 2 is 2.03 bits per heavy atom. The number of hydrogen-bond acceptors (Lipinski definition) is 6. The minimum absolute atomic E-state index is 0.261. The van der Waals surface area contributed by atoms with Crippen LogP contribution in [0.15, 0.2) is 58.3 Å². The predicted octanol–water partition coefficient (Wildman–Crippen LogP) is 5.34. The van der Waals surface area contributed by atoms with Crippen LogP contribution >= 0.6 is 23.2 Å². The fraction of sp³-hybridized carbons (Fsp3) is 0.130. The zero-order chi connectivity index (χ0) is 22.7. The summed E-state index contributed by atoms with van der Waals surface area (Å²) in [4.78, 5) is 16.6. The summed E-state index contributed by atoms with van der Waals surface area (Å²) in [5, 5.41) is 9.45. The summed E-state index contributed by atoms with van der Waals surface area (Å²) in [6, 6.07) is 12.8. The van der Waals surface area contributed by atoms with Gasteiger partial charge in [0.1, 0.15) is 10.9 Å². The normalized spacial score (nSPS) is 11.2. The molecule has 162 valence electrons. The molecule has 0 radical (unpaired) electrons. The van der Waals surface area contributed by atoms with Gasteiger partial charge in [0.05, 0.1) is 23.5 Å². The molecule has 2 heterocycles. The van der Waals surface area contributed by atoms with Gasteiger partial charge in [-0.3, -0.25) is 4.79 Å². The number of para-hydroxylation sites is 1. The van der Waals surface area contributed by atoms with E-state index in [9.17, 15) is 4.79 Å². The average molecular weight is 469 g/mol. The minimum atomic E-state index is -0.446. The van der Waals surface area contributed by atoms with Gasteiger partial charge in [-0.2, -0.15) is 5.10 Å². The number of amides is 1. The van der Waals surface area contributed by atoms with E-state index in [2.05, 4.69) is 20.7 Å². The zero-order valence-electron chi connectivity index (χ0n) is 17.2. The number of nitrogens with one attached hydrogen (secondary N) is 1. The first-order valence-corrected chi connectivity index (χ1v) is 10.4. The molecule has 2 aromatic carbocycles. The average Bonchev–Trinajstić information content (AvgIpc) is 3.30. The van der Waals surface area contributed by atoms with Crippen molar-refractivity contribution in [3.8, 4) is 17.1 Å². The number of aromatic nitrogens is 2. The monoisotopic (exact) mass is 468 g/mol. The van der Waals surface area contributed by atoms with Gasteiger partial charge in [-0.15, -0.1) is 0 Å². The van der Waals surface area contributed by atoms with Crippen molar-refractivity contribution in [2.75, 3.05) is 6.61 Å². The largest absolute Gasteiger partial charge is 0.483 e. The first-order chi connectivity index (χ1) is 15.4. The molecule has 0 bridgehead atoms. The van der Waals surface area contributed by atoms with Gasteiger partial charge in [0.15, 0.2) is 12.4 Å². The van der Waals surface area contributed by atoms with Gasteiger partial charge >= 0.3 is 0 Å². The highest BCUT2D eigenvalue weighted by Crippen LogP contribution is 2.34. The fourth-order valence-corrected chi connectivity index (χ4v) is 3.45. The van der Waals surface area contributed by atoms with Crippen LogP contribution in [0.4, 0.5) is 0 Å². The molecule has 0 fully saturated rings. The van der Waals surface area contributed by atoms with Crippen molar-refractivity contribution in [1.29, 1.82) is 0 Å². The van der Waals surface area contributed by atoms with E-state index >= 15 is 0 Å². The Labute approximate surface area is 194 Å². The minimum Gasteiger partial charge on any atom is -0.483 e. The molecule has 4 rings (SSSR count).